The van der Waals surface area contributed by atoms with Crippen molar-refractivity contribution in [3.05, 3.63) is 58.7 Å². The number of hydrogen-bond acceptors (Lipinski definition) is 4. The first-order chi connectivity index (χ1) is 12.7. The van der Waals surface area contributed by atoms with Gasteiger partial charge in [0.05, 0.1) is 11.4 Å². The quantitative estimate of drug-likeness (QED) is 0.722. The molecule has 0 atom stereocenters. The summed E-state index contributed by atoms with van der Waals surface area (Å²) >= 11 is 0. The largest absolute Gasteiger partial charge is 0.346 e. The van der Waals surface area contributed by atoms with Gasteiger partial charge in [0.2, 0.25) is 0 Å². The van der Waals surface area contributed by atoms with Gasteiger partial charge in [-0.25, -0.2) is 9.59 Å². The zero-order chi connectivity index (χ0) is 19.7. The molecule has 2 aromatic heterocycles. The fourth-order valence-electron chi connectivity index (χ4n) is 2.85. The number of aryl methyl sites for hydroxylation is 5. The molecule has 2 amide bonds. The highest BCUT2D eigenvalue weighted by molar-refractivity contribution is 5.95. The molecule has 3 rings (SSSR count). The SMILES string of the molecule is Cc1cc(C)n(C(=O)Nc2ccc(C)c(NC(=O)n3nc(C)cc3C)c2)n1. The lowest BCUT2D eigenvalue weighted by atomic mass is 10.2. The van der Waals surface area contributed by atoms with Crippen LogP contribution in [0.15, 0.2) is 30.3 Å². The first-order valence-corrected chi connectivity index (χ1v) is 8.54. The maximum Gasteiger partial charge on any atom is 0.346 e. The molecule has 0 radical (unpaired) electrons. The van der Waals surface area contributed by atoms with Gasteiger partial charge in [-0.15, -0.1) is 0 Å². The molecule has 27 heavy (non-hydrogen) atoms. The van der Waals surface area contributed by atoms with Crippen LogP contribution in [-0.4, -0.2) is 31.6 Å². The maximum atomic E-state index is 12.5. The number of benzene rings is 1. The van der Waals surface area contributed by atoms with Gasteiger partial charge in [0.1, 0.15) is 0 Å². The van der Waals surface area contributed by atoms with Crippen molar-refractivity contribution in [3.8, 4) is 0 Å². The summed E-state index contributed by atoms with van der Waals surface area (Å²) in [5.41, 5.74) is 5.05. The van der Waals surface area contributed by atoms with Gasteiger partial charge in [0.25, 0.3) is 0 Å². The van der Waals surface area contributed by atoms with Crippen LogP contribution in [0.25, 0.3) is 0 Å². The maximum absolute atomic E-state index is 12.5. The third-order valence-electron chi connectivity index (χ3n) is 4.13. The molecule has 2 N–H and O–H groups in total. The number of carbonyl (C=O) groups is 2. The second-order valence-corrected chi connectivity index (χ2v) is 6.57. The molecular formula is C19H22N6O2. The number of nitrogens with zero attached hydrogens (tertiary/aromatic N) is 4. The fourth-order valence-corrected chi connectivity index (χ4v) is 2.85. The van der Waals surface area contributed by atoms with Crippen LogP contribution in [0.4, 0.5) is 21.0 Å². The summed E-state index contributed by atoms with van der Waals surface area (Å²) in [7, 11) is 0. The topological polar surface area (TPSA) is 93.8 Å². The minimum absolute atomic E-state index is 0.356. The van der Waals surface area contributed by atoms with Crippen LogP contribution in [0.1, 0.15) is 28.3 Å². The van der Waals surface area contributed by atoms with E-state index in [-0.39, 0.29) is 12.1 Å². The third-order valence-corrected chi connectivity index (χ3v) is 4.13. The monoisotopic (exact) mass is 366 g/mol. The molecule has 140 valence electrons. The second-order valence-electron chi connectivity index (χ2n) is 6.57. The molecule has 0 aliphatic rings. The lowest BCUT2D eigenvalue weighted by Crippen LogP contribution is -2.23. The van der Waals surface area contributed by atoms with E-state index < -0.39 is 0 Å². The highest BCUT2D eigenvalue weighted by atomic mass is 16.2. The highest BCUT2D eigenvalue weighted by Crippen LogP contribution is 2.21. The first-order valence-electron chi connectivity index (χ1n) is 8.54. The van der Waals surface area contributed by atoms with Gasteiger partial charge in [-0.05, 0) is 64.4 Å². The van der Waals surface area contributed by atoms with Gasteiger partial charge < -0.3 is 10.6 Å². The highest BCUT2D eigenvalue weighted by Gasteiger charge is 2.14. The van der Waals surface area contributed by atoms with Crippen molar-refractivity contribution in [2.45, 2.75) is 34.6 Å². The van der Waals surface area contributed by atoms with Gasteiger partial charge in [-0.2, -0.15) is 19.6 Å². The molecule has 0 bridgehead atoms. The first kappa shape index (κ1) is 18.4. The summed E-state index contributed by atoms with van der Waals surface area (Å²) in [4.78, 5) is 24.9. The Morgan fingerprint density at radius 3 is 1.78 bits per heavy atom. The van der Waals surface area contributed by atoms with E-state index in [9.17, 15) is 9.59 Å². The van der Waals surface area contributed by atoms with Crippen LogP contribution in [0, 0.1) is 34.6 Å². The minimum Gasteiger partial charge on any atom is -0.306 e. The number of hydrogen-bond donors (Lipinski definition) is 2. The van der Waals surface area contributed by atoms with E-state index in [0.717, 1.165) is 28.3 Å². The minimum atomic E-state index is -0.361. The zero-order valence-corrected chi connectivity index (χ0v) is 16.0. The Kier molecular flexibility index (Phi) is 4.81. The van der Waals surface area contributed by atoms with Gasteiger partial charge in [-0.1, -0.05) is 6.07 Å². The molecule has 0 saturated carbocycles. The fraction of sp³-hybridized carbons (Fsp3) is 0.263. The predicted octanol–water partition coefficient (Wildman–Crippen LogP) is 3.78. The summed E-state index contributed by atoms with van der Waals surface area (Å²) in [6.45, 7) is 9.17. The van der Waals surface area contributed by atoms with Crippen LogP contribution in [-0.2, 0) is 0 Å². The molecule has 0 saturated heterocycles. The normalized spacial score (nSPS) is 10.7. The lowest BCUT2D eigenvalue weighted by molar-refractivity contribution is 0.249. The number of amides is 2. The van der Waals surface area contributed by atoms with Crippen molar-refractivity contribution in [1.29, 1.82) is 0 Å². The van der Waals surface area contributed by atoms with Crippen LogP contribution < -0.4 is 10.6 Å². The van der Waals surface area contributed by atoms with Crippen molar-refractivity contribution in [3.63, 3.8) is 0 Å². The smallest absolute Gasteiger partial charge is 0.306 e. The van der Waals surface area contributed by atoms with E-state index in [4.69, 9.17) is 0 Å². The number of rotatable bonds is 2. The molecule has 0 fully saturated rings. The molecule has 0 unspecified atom stereocenters. The van der Waals surface area contributed by atoms with Crippen LogP contribution >= 0.6 is 0 Å². The van der Waals surface area contributed by atoms with E-state index in [1.807, 2.05) is 52.8 Å². The molecule has 3 aromatic rings. The molecular weight excluding hydrogens is 344 g/mol. The van der Waals surface area contributed by atoms with E-state index in [2.05, 4.69) is 20.8 Å². The van der Waals surface area contributed by atoms with Gasteiger partial charge in [0.15, 0.2) is 0 Å². The Morgan fingerprint density at radius 1 is 0.778 bits per heavy atom. The average molecular weight is 366 g/mol. The van der Waals surface area contributed by atoms with Crippen LogP contribution in [0.5, 0.6) is 0 Å². The molecule has 8 nitrogen and oxygen atoms in total. The summed E-state index contributed by atoms with van der Waals surface area (Å²) in [5.74, 6) is 0. The molecule has 0 spiro atoms. The molecule has 0 aliphatic heterocycles. The Balaban J connectivity index is 1.80. The zero-order valence-electron chi connectivity index (χ0n) is 16.0. The van der Waals surface area contributed by atoms with E-state index >= 15 is 0 Å². The van der Waals surface area contributed by atoms with Crippen LogP contribution in [0.2, 0.25) is 0 Å². The number of anilines is 2. The summed E-state index contributed by atoms with van der Waals surface area (Å²) in [6, 6.07) is 8.26. The summed E-state index contributed by atoms with van der Waals surface area (Å²) in [5, 5.41) is 14.0. The predicted molar refractivity (Wildman–Crippen MR) is 103 cm³/mol. The lowest BCUT2D eigenvalue weighted by Gasteiger charge is -2.12. The van der Waals surface area contributed by atoms with Crippen molar-refractivity contribution >= 4 is 23.4 Å². The number of carbonyl (C=O) groups excluding carboxylic acids is 2. The average Bonchev–Trinajstić information content (AvgIpc) is 3.11. The Morgan fingerprint density at radius 2 is 1.30 bits per heavy atom. The van der Waals surface area contributed by atoms with E-state index in [1.54, 1.807) is 12.1 Å². The molecule has 0 aliphatic carbocycles. The van der Waals surface area contributed by atoms with Gasteiger partial charge >= 0.3 is 12.1 Å². The Hall–Kier alpha value is -3.42. The van der Waals surface area contributed by atoms with Crippen molar-refractivity contribution in [2.75, 3.05) is 10.6 Å². The van der Waals surface area contributed by atoms with Crippen LogP contribution in [0.3, 0.4) is 0 Å². The third kappa shape index (κ3) is 3.89. The molecule has 8 heteroatoms. The van der Waals surface area contributed by atoms with E-state index in [0.29, 0.717) is 11.4 Å². The van der Waals surface area contributed by atoms with Gasteiger partial charge in [0, 0.05) is 22.8 Å². The van der Waals surface area contributed by atoms with Crippen molar-refractivity contribution < 1.29 is 9.59 Å². The number of nitrogens with one attached hydrogen (secondary N) is 2. The van der Waals surface area contributed by atoms with Crippen molar-refractivity contribution in [2.24, 2.45) is 0 Å². The molecule has 1 aromatic carbocycles. The van der Waals surface area contributed by atoms with Gasteiger partial charge in [-0.3, -0.25) is 0 Å². The Labute approximate surface area is 157 Å². The molecule has 2 heterocycles. The van der Waals surface area contributed by atoms with Crippen molar-refractivity contribution in [1.82, 2.24) is 19.6 Å². The summed E-state index contributed by atoms with van der Waals surface area (Å²) in [6.07, 6.45) is 0. The summed E-state index contributed by atoms with van der Waals surface area (Å²) < 4.78 is 2.62. The van der Waals surface area contributed by atoms with E-state index in [1.165, 1.54) is 9.36 Å². The standard InChI is InChI=1S/C19H22N6O2/c1-11-6-7-16(20-18(26)24-14(4)8-12(2)22-24)10-17(11)21-19(27)25-15(5)9-13(3)23-25/h6-10H,1-5H3,(H,20,26)(H,21,27). The number of aromatic nitrogens is 4. The second kappa shape index (κ2) is 7.06. The Bertz CT molecular complexity index is 1030.